The maximum absolute atomic E-state index is 10.6. The van der Waals surface area contributed by atoms with E-state index < -0.39 is 5.97 Å². The van der Waals surface area contributed by atoms with Gasteiger partial charge >= 0.3 is 5.97 Å². The highest BCUT2D eigenvalue weighted by molar-refractivity contribution is 5.72. The molecule has 0 saturated carbocycles. The normalized spacial score (nSPS) is 14.3. The van der Waals surface area contributed by atoms with Crippen molar-refractivity contribution in [1.82, 2.24) is 4.98 Å². The van der Waals surface area contributed by atoms with Crippen LogP contribution in [0.2, 0.25) is 0 Å². The Kier molecular flexibility index (Phi) is 3.08. The molecule has 1 aromatic heterocycles. The average molecular weight is 220 g/mol. The first kappa shape index (κ1) is 10.9. The Morgan fingerprint density at radius 2 is 2.19 bits per heavy atom. The highest BCUT2D eigenvalue weighted by atomic mass is 16.4. The molecular weight excluding hydrogens is 204 g/mol. The van der Waals surface area contributed by atoms with Gasteiger partial charge in [-0.05, 0) is 37.3 Å². The van der Waals surface area contributed by atoms with Crippen LogP contribution in [-0.2, 0) is 17.6 Å². The molecule has 86 valence electrons. The zero-order valence-electron chi connectivity index (χ0n) is 9.44. The molecule has 0 radical (unpaired) electrons. The summed E-state index contributed by atoms with van der Waals surface area (Å²) in [6.07, 6.45) is 4.54. The number of anilines is 1. The van der Waals surface area contributed by atoms with Gasteiger partial charge in [0.25, 0.3) is 0 Å². The van der Waals surface area contributed by atoms with Crippen LogP contribution in [0, 0.1) is 0 Å². The first-order chi connectivity index (χ1) is 7.66. The average Bonchev–Trinajstić information content (AvgIpc) is 2.27. The molecule has 1 aliphatic rings. The molecular formula is C12H16N2O2. The standard InChI is InChI=1S/C12H16N2O2/c1-14(8-12(15)16)11-7-6-9-4-2-3-5-10(9)13-11/h6-7H,2-5,8H2,1H3,(H,15,16). The smallest absolute Gasteiger partial charge is 0.323 e. The van der Waals surface area contributed by atoms with Gasteiger partial charge in [-0.3, -0.25) is 4.79 Å². The maximum Gasteiger partial charge on any atom is 0.323 e. The third-order valence-electron chi connectivity index (χ3n) is 2.93. The number of rotatable bonds is 3. The lowest BCUT2D eigenvalue weighted by Crippen LogP contribution is -2.26. The van der Waals surface area contributed by atoms with E-state index in [0.717, 1.165) is 24.4 Å². The van der Waals surface area contributed by atoms with Gasteiger partial charge in [0.15, 0.2) is 0 Å². The van der Waals surface area contributed by atoms with E-state index in [2.05, 4.69) is 11.1 Å². The second kappa shape index (κ2) is 4.51. The van der Waals surface area contributed by atoms with Gasteiger partial charge in [-0.25, -0.2) is 4.98 Å². The van der Waals surface area contributed by atoms with Crippen LogP contribution in [0.4, 0.5) is 5.82 Å². The predicted octanol–water partition coefficient (Wildman–Crippen LogP) is 1.48. The molecule has 4 heteroatoms. The number of carboxylic acid groups (broad SMARTS) is 1. The molecule has 1 N–H and O–H groups in total. The fourth-order valence-corrected chi connectivity index (χ4v) is 2.07. The number of hydrogen-bond acceptors (Lipinski definition) is 3. The Morgan fingerprint density at radius 3 is 2.94 bits per heavy atom. The number of likely N-dealkylation sites (N-methyl/N-ethyl adjacent to an activating group) is 1. The summed E-state index contributed by atoms with van der Waals surface area (Å²) in [7, 11) is 1.76. The van der Waals surface area contributed by atoms with Gasteiger partial charge in [0.05, 0.1) is 0 Å². The van der Waals surface area contributed by atoms with Crippen molar-refractivity contribution in [2.45, 2.75) is 25.7 Å². The summed E-state index contributed by atoms with van der Waals surface area (Å²) in [5.74, 6) is -0.0786. The minimum atomic E-state index is -0.831. The van der Waals surface area contributed by atoms with E-state index in [-0.39, 0.29) is 6.54 Å². The number of aromatic nitrogens is 1. The van der Waals surface area contributed by atoms with Crippen molar-refractivity contribution in [2.24, 2.45) is 0 Å². The van der Waals surface area contributed by atoms with E-state index in [1.54, 1.807) is 11.9 Å². The molecule has 0 unspecified atom stereocenters. The fourth-order valence-electron chi connectivity index (χ4n) is 2.07. The summed E-state index contributed by atoms with van der Waals surface area (Å²) in [5, 5.41) is 8.71. The highest BCUT2D eigenvalue weighted by Crippen LogP contribution is 2.22. The molecule has 1 heterocycles. The van der Waals surface area contributed by atoms with E-state index in [4.69, 9.17) is 5.11 Å². The Labute approximate surface area is 94.9 Å². The van der Waals surface area contributed by atoms with Crippen LogP contribution in [0.5, 0.6) is 0 Å². The van der Waals surface area contributed by atoms with Crippen molar-refractivity contribution < 1.29 is 9.90 Å². The molecule has 0 aliphatic heterocycles. The topological polar surface area (TPSA) is 53.4 Å². The van der Waals surface area contributed by atoms with Gasteiger partial charge in [0.2, 0.25) is 0 Å². The van der Waals surface area contributed by atoms with Crippen molar-refractivity contribution in [2.75, 3.05) is 18.5 Å². The van der Waals surface area contributed by atoms with Gasteiger partial charge in [-0.2, -0.15) is 0 Å². The molecule has 0 spiro atoms. The molecule has 1 aromatic rings. The van der Waals surface area contributed by atoms with Crippen LogP contribution < -0.4 is 4.90 Å². The zero-order chi connectivity index (χ0) is 11.5. The SMILES string of the molecule is CN(CC(=O)O)c1ccc2c(n1)CCCC2. The lowest BCUT2D eigenvalue weighted by molar-refractivity contribution is -0.135. The largest absolute Gasteiger partial charge is 0.480 e. The number of carboxylic acids is 1. The van der Waals surface area contributed by atoms with Crippen LogP contribution in [0.25, 0.3) is 0 Å². The van der Waals surface area contributed by atoms with Gasteiger partial charge in [-0.1, -0.05) is 6.07 Å². The molecule has 0 amide bonds. The minimum Gasteiger partial charge on any atom is -0.480 e. The third-order valence-corrected chi connectivity index (χ3v) is 2.93. The summed E-state index contributed by atoms with van der Waals surface area (Å²) in [5.41, 5.74) is 2.46. The van der Waals surface area contributed by atoms with E-state index >= 15 is 0 Å². The fraction of sp³-hybridized carbons (Fsp3) is 0.500. The molecule has 0 saturated heterocycles. The number of aliphatic carboxylic acids is 1. The van der Waals surface area contributed by atoms with E-state index in [9.17, 15) is 4.79 Å². The maximum atomic E-state index is 10.6. The van der Waals surface area contributed by atoms with Crippen LogP contribution >= 0.6 is 0 Å². The molecule has 2 rings (SSSR count). The van der Waals surface area contributed by atoms with Crippen LogP contribution in [0.1, 0.15) is 24.1 Å². The molecule has 0 aromatic carbocycles. The Hall–Kier alpha value is -1.58. The quantitative estimate of drug-likeness (QED) is 0.838. The monoisotopic (exact) mass is 220 g/mol. The summed E-state index contributed by atoms with van der Waals surface area (Å²) < 4.78 is 0. The zero-order valence-corrected chi connectivity index (χ0v) is 9.44. The van der Waals surface area contributed by atoms with E-state index in [0.29, 0.717) is 0 Å². The van der Waals surface area contributed by atoms with E-state index in [1.807, 2.05) is 6.07 Å². The first-order valence-electron chi connectivity index (χ1n) is 5.58. The molecule has 0 fully saturated rings. The lowest BCUT2D eigenvalue weighted by Gasteiger charge is -2.20. The number of nitrogens with zero attached hydrogens (tertiary/aromatic N) is 2. The van der Waals surface area contributed by atoms with E-state index in [1.165, 1.54) is 18.4 Å². The van der Waals surface area contributed by atoms with Crippen LogP contribution in [-0.4, -0.2) is 29.7 Å². The van der Waals surface area contributed by atoms with Crippen molar-refractivity contribution in [1.29, 1.82) is 0 Å². The van der Waals surface area contributed by atoms with Crippen LogP contribution in [0.3, 0.4) is 0 Å². The number of aryl methyl sites for hydroxylation is 2. The Bertz CT molecular complexity index is 404. The summed E-state index contributed by atoms with van der Waals surface area (Å²) in [6.45, 7) is -0.00815. The van der Waals surface area contributed by atoms with Crippen molar-refractivity contribution >= 4 is 11.8 Å². The number of pyridine rings is 1. The number of carbonyl (C=O) groups is 1. The second-order valence-corrected chi connectivity index (χ2v) is 4.23. The predicted molar refractivity (Wildman–Crippen MR) is 61.8 cm³/mol. The molecule has 4 nitrogen and oxygen atoms in total. The molecule has 0 bridgehead atoms. The molecule has 1 aliphatic carbocycles. The first-order valence-corrected chi connectivity index (χ1v) is 5.58. The van der Waals surface area contributed by atoms with Crippen molar-refractivity contribution in [3.05, 3.63) is 23.4 Å². The van der Waals surface area contributed by atoms with Crippen molar-refractivity contribution in [3.8, 4) is 0 Å². The summed E-state index contributed by atoms with van der Waals surface area (Å²) in [6, 6.07) is 3.99. The van der Waals surface area contributed by atoms with Gasteiger partial charge in [0, 0.05) is 12.7 Å². The number of hydrogen-bond donors (Lipinski definition) is 1. The van der Waals surface area contributed by atoms with Gasteiger partial charge in [-0.15, -0.1) is 0 Å². The Morgan fingerprint density at radius 1 is 1.44 bits per heavy atom. The van der Waals surface area contributed by atoms with Crippen LogP contribution in [0.15, 0.2) is 12.1 Å². The van der Waals surface area contributed by atoms with Crippen molar-refractivity contribution in [3.63, 3.8) is 0 Å². The third kappa shape index (κ3) is 2.32. The summed E-state index contributed by atoms with van der Waals surface area (Å²) >= 11 is 0. The Balaban J connectivity index is 2.19. The second-order valence-electron chi connectivity index (χ2n) is 4.23. The number of fused-ring (bicyclic) bond motifs is 1. The lowest BCUT2D eigenvalue weighted by atomic mass is 9.96. The van der Waals surface area contributed by atoms with Gasteiger partial charge < -0.3 is 10.0 Å². The van der Waals surface area contributed by atoms with Gasteiger partial charge in [0.1, 0.15) is 12.4 Å². The molecule has 0 atom stereocenters. The minimum absolute atomic E-state index is 0.00815. The highest BCUT2D eigenvalue weighted by Gasteiger charge is 2.13. The summed E-state index contributed by atoms with van der Waals surface area (Å²) in [4.78, 5) is 16.8. The molecule has 16 heavy (non-hydrogen) atoms.